The highest BCUT2D eigenvalue weighted by atomic mass is 35.5. The predicted octanol–water partition coefficient (Wildman–Crippen LogP) is 4.08. The fraction of sp³-hybridized carbons (Fsp3) is 0.375. The number of hydrogen-bond donors (Lipinski definition) is 1. The van der Waals surface area contributed by atoms with Gasteiger partial charge in [-0.2, -0.15) is 0 Å². The largest absolute Gasteiger partial charge is 0.495 e. The highest BCUT2D eigenvalue weighted by Gasteiger charge is 2.31. The number of halogens is 1. The summed E-state index contributed by atoms with van der Waals surface area (Å²) < 4.78 is 10.7. The minimum Gasteiger partial charge on any atom is -0.495 e. The number of nitrogens with one attached hydrogen (secondary N) is 1. The van der Waals surface area contributed by atoms with E-state index in [-0.39, 0.29) is 11.8 Å². The molecule has 1 unspecified atom stereocenters. The summed E-state index contributed by atoms with van der Waals surface area (Å²) in [5, 5.41) is 3.32. The van der Waals surface area contributed by atoms with Gasteiger partial charge in [0.05, 0.1) is 18.7 Å². The molecule has 1 atom stereocenters. The Morgan fingerprint density at radius 3 is 2.38 bits per heavy atom. The lowest BCUT2D eigenvalue weighted by Gasteiger charge is -2.31. The third-order valence-electron chi connectivity index (χ3n) is 5.48. The first-order chi connectivity index (χ1) is 15.3. The van der Waals surface area contributed by atoms with Gasteiger partial charge in [-0.25, -0.2) is 0 Å². The molecule has 0 radical (unpaired) electrons. The molecule has 2 aromatic rings. The molecule has 8 heteroatoms. The number of likely N-dealkylation sites (tertiary alicyclic amines) is 1. The van der Waals surface area contributed by atoms with Gasteiger partial charge in [0.1, 0.15) is 5.75 Å². The number of amides is 2. The Labute approximate surface area is 192 Å². The van der Waals surface area contributed by atoms with Crippen LogP contribution >= 0.6 is 11.6 Å². The minimum absolute atomic E-state index is 0.0895. The van der Waals surface area contributed by atoms with Gasteiger partial charge in [0.25, 0.3) is 11.8 Å². The molecule has 0 aromatic heterocycles. The second-order valence-corrected chi connectivity index (χ2v) is 8.28. The standard InChI is InChI=1S/C24H27ClN2O5/c1-15-4-9-21(31-3)20(14-15)26-22(28)16(2)32-24(30)18-10-12-27(13-11-18)23(29)17-5-7-19(25)8-6-17/h4-9,14,16,18H,10-13H2,1-3H3,(H,26,28). The van der Waals surface area contributed by atoms with Gasteiger partial charge in [0.15, 0.2) is 6.10 Å². The fourth-order valence-electron chi connectivity index (χ4n) is 3.57. The first kappa shape index (κ1) is 23.6. The maximum absolute atomic E-state index is 12.6. The fourth-order valence-corrected chi connectivity index (χ4v) is 3.70. The molecule has 2 aromatic carbocycles. The van der Waals surface area contributed by atoms with E-state index in [9.17, 15) is 14.4 Å². The van der Waals surface area contributed by atoms with Crippen molar-refractivity contribution < 1.29 is 23.9 Å². The molecule has 3 rings (SSSR count). The number of hydrogen-bond acceptors (Lipinski definition) is 5. The third-order valence-corrected chi connectivity index (χ3v) is 5.73. The highest BCUT2D eigenvalue weighted by molar-refractivity contribution is 6.30. The Morgan fingerprint density at radius 1 is 1.09 bits per heavy atom. The molecule has 1 heterocycles. The topological polar surface area (TPSA) is 84.9 Å². The molecule has 0 bridgehead atoms. The van der Waals surface area contributed by atoms with Gasteiger partial charge in [-0.05, 0) is 68.7 Å². The number of rotatable bonds is 6. The van der Waals surface area contributed by atoms with Crippen LogP contribution in [-0.2, 0) is 14.3 Å². The van der Waals surface area contributed by atoms with E-state index in [0.29, 0.717) is 48.0 Å². The molecule has 170 valence electrons. The van der Waals surface area contributed by atoms with E-state index in [0.717, 1.165) is 5.56 Å². The summed E-state index contributed by atoms with van der Waals surface area (Å²) in [4.78, 5) is 39.4. The first-order valence-electron chi connectivity index (χ1n) is 10.5. The maximum atomic E-state index is 12.6. The number of anilines is 1. The van der Waals surface area contributed by atoms with Gasteiger partial charge in [-0.3, -0.25) is 14.4 Å². The number of piperidine rings is 1. The highest BCUT2D eigenvalue weighted by Crippen LogP contribution is 2.26. The van der Waals surface area contributed by atoms with Crippen LogP contribution in [0.15, 0.2) is 42.5 Å². The number of carbonyl (C=O) groups is 3. The van der Waals surface area contributed by atoms with E-state index in [1.165, 1.54) is 14.0 Å². The van der Waals surface area contributed by atoms with Gasteiger partial charge in [-0.15, -0.1) is 0 Å². The first-order valence-corrected chi connectivity index (χ1v) is 10.9. The normalized spacial score (nSPS) is 15.1. The average molecular weight is 459 g/mol. The lowest BCUT2D eigenvalue weighted by atomic mass is 9.96. The van der Waals surface area contributed by atoms with Gasteiger partial charge in [0, 0.05) is 23.7 Å². The van der Waals surface area contributed by atoms with Crippen molar-refractivity contribution in [3.05, 3.63) is 58.6 Å². The molecular formula is C24H27ClN2O5. The van der Waals surface area contributed by atoms with Gasteiger partial charge in [-0.1, -0.05) is 17.7 Å². The lowest BCUT2D eigenvalue weighted by molar-refractivity contribution is -0.158. The molecule has 7 nitrogen and oxygen atoms in total. The van der Waals surface area contributed by atoms with E-state index >= 15 is 0 Å². The summed E-state index contributed by atoms with van der Waals surface area (Å²) in [6, 6.07) is 12.2. The quantitative estimate of drug-likeness (QED) is 0.659. The number of carbonyl (C=O) groups excluding carboxylic acids is 3. The molecule has 0 aliphatic carbocycles. The Morgan fingerprint density at radius 2 is 1.75 bits per heavy atom. The monoisotopic (exact) mass is 458 g/mol. The third kappa shape index (κ3) is 5.79. The maximum Gasteiger partial charge on any atom is 0.309 e. The zero-order valence-electron chi connectivity index (χ0n) is 18.4. The van der Waals surface area contributed by atoms with Crippen LogP contribution in [-0.4, -0.2) is 49.0 Å². The molecular weight excluding hydrogens is 432 g/mol. The van der Waals surface area contributed by atoms with Gasteiger partial charge >= 0.3 is 5.97 Å². The van der Waals surface area contributed by atoms with Crippen LogP contribution < -0.4 is 10.1 Å². The smallest absolute Gasteiger partial charge is 0.309 e. The van der Waals surface area contributed by atoms with E-state index in [1.807, 2.05) is 13.0 Å². The summed E-state index contributed by atoms with van der Waals surface area (Å²) >= 11 is 5.88. The number of ether oxygens (including phenoxy) is 2. The summed E-state index contributed by atoms with van der Waals surface area (Å²) in [6.45, 7) is 4.34. The molecule has 2 amide bonds. The molecule has 1 fully saturated rings. The molecule has 1 N–H and O–H groups in total. The van der Waals surface area contributed by atoms with Crippen LogP contribution in [0.2, 0.25) is 5.02 Å². The molecule has 1 saturated heterocycles. The van der Waals surface area contributed by atoms with Crippen molar-refractivity contribution in [1.82, 2.24) is 4.90 Å². The van der Waals surface area contributed by atoms with Crippen molar-refractivity contribution in [2.24, 2.45) is 5.92 Å². The SMILES string of the molecule is COc1ccc(C)cc1NC(=O)C(C)OC(=O)C1CCN(C(=O)c2ccc(Cl)cc2)CC1. The van der Waals surface area contributed by atoms with Crippen LogP contribution in [0.3, 0.4) is 0 Å². The Balaban J connectivity index is 1.51. The van der Waals surface area contributed by atoms with Crippen LogP contribution in [0, 0.1) is 12.8 Å². The second kappa shape index (κ2) is 10.5. The number of benzene rings is 2. The molecule has 1 aliphatic heterocycles. The molecule has 0 saturated carbocycles. The Hall–Kier alpha value is -3.06. The Kier molecular flexibility index (Phi) is 7.75. The number of aryl methyl sites for hydroxylation is 1. The minimum atomic E-state index is -0.957. The predicted molar refractivity (Wildman–Crippen MR) is 122 cm³/mol. The molecule has 32 heavy (non-hydrogen) atoms. The molecule has 1 aliphatic rings. The van der Waals surface area contributed by atoms with Gasteiger partial charge < -0.3 is 19.7 Å². The van der Waals surface area contributed by atoms with Crippen molar-refractivity contribution in [3.8, 4) is 5.75 Å². The van der Waals surface area contributed by atoms with E-state index in [2.05, 4.69) is 5.32 Å². The van der Waals surface area contributed by atoms with Crippen molar-refractivity contribution in [1.29, 1.82) is 0 Å². The van der Waals surface area contributed by atoms with Gasteiger partial charge in [0.2, 0.25) is 0 Å². The second-order valence-electron chi connectivity index (χ2n) is 7.85. The lowest BCUT2D eigenvalue weighted by Crippen LogP contribution is -2.41. The van der Waals surface area contributed by atoms with Crippen molar-refractivity contribution in [2.45, 2.75) is 32.8 Å². The van der Waals surface area contributed by atoms with Crippen molar-refractivity contribution in [2.75, 3.05) is 25.5 Å². The van der Waals surface area contributed by atoms with E-state index < -0.39 is 18.0 Å². The van der Waals surface area contributed by atoms with Crippen molar-refractivity contribution in [3.63, 3.8) is 0 Å². The van der Waals surface area contributed by atoms with E-state index in [4.69, 9.17) is 21.1 Å². The van der Waals surface area contributed by atoms with Crippen LogP contribution in [0.5, 0.6) is 5.75 Å². The van der Waals surface area contributed by atoms with Crippen molar-refractivity contribution >= 4 is 35.1 Å². The zero-order chi connectivity index (χ0) is 23.3. The van der Waals surface area contributed by atoms with Crippen LogP contribution in [0.1, 0.15) is 35.7 Å². The summed E-state index contributed by atoms with van der Waals surface area (Å²) in [6.07, 6.45) is 0.0117. The summed E-state index contributed by atoms with van der Waals surface area (Å²) in [5.74, 6) is -0.776. The Bertz CT molecular complexity index is 984. The number of esters is 1. The average Bonchev–Trinajstić information content (AvgIpc) is 2.79. The van der Waals surface area contributed by atoms with Crippen LogP contribution in [0.25, 0.3) is 0 Å². The van der Waals surface area contributed by atoms with E-state index in [1.54, 1.807) is 41.3 Å². The summed E-state index contributed by atoms with van der Waals surface area (Å²) in [7, 11) is 1.52. The number of nitrogens with zero attached hydrogens (tertiary/aromatic N) is 1. The van der Waals surface area contributed by atoms with Crippen LogP contribution in [0.4, 0.5) is 5.69 Å². The number of methoxy groups -OCH3 is 1. The molecule has 0 spiro atoms. The zero-order valence-corrected chi connectivity index (χ0v) is 19.1. The summed E-state index contributed by atoms with van der Waals surface area (Å²) in [5.41, 5.74) is 2.05.